The average Bonchev–Trinajstić information content (AvgIpc) is 2.38. The van der Waals surface area contributed by atoms with Crippen LogP contribution in [0, 0.1) is 11.6 Å². The molecular weight excluding hydrogens is 253 g/mol. The Kier molecular flexibility index (Phi) is 6.80. The summed E-state index contributed by atoms with van der Waals surface area (Å²) in [7, 11) is -2.03. The molecule has 0 saturated heterocycles. The number of hydrogen-bond acceptors (Lipinski definition) is 3. The molecule has 2 N–H and O–H groups in total. The van der Waals surface area contributed by atoms with Crippen LogP contribution >= 0.6 is 0 Å². The summed E-state index contributed by atoms with van der Waals surface area (Å²) < 4.78 is 32.1. The van der Waals surface area contributed by atoms with Crippen LogP contribution in [0.25, 0.3) is 0 Å². The van der Waals surface area contributed by atoms with E-state index in [0.717, 1.165) is 38.2 Å². The Labute approximate surface area is 112 Å². The summed E-state index contributed by atoms with van der Waals surface area (Å²) in [5.74, 6) is -2.66. The first-order valence-electron chi connectivity index (χ1n) is 6.54. The first-order chi connectivity index (χ1) is 9.07. The van der Waals surface area contributed by atoms with Crippen LogP contribution in [0.3, 0.4) is 0 Å². The Balaban J connectivity index is 2.49. The fourth-order valence-electron chi connectivity index (χ4n) is 1.75. The summed E-state index contributed by atoms with van der Waals surface area (Å²) in [6, 6.07) is 2.31. The number of benzene rings is 1. The number of hydrogen-bond donors (Lipinski definition) is 2. The summed E-state index contributed by atoms with van der Waals surface area (Å²) in [6.45, 7) is 2.44. The fraction of sp³-hybridized carbons (Fsp3) is 0.538. The van der Waals surface area contributed by atoms with Gasteiger partial charge in [-0.05, 0) is 12.5 Å². The van der Waals surface area contributed by atoms with Gasteiger partial charge < -0.3 is 14.8 Å². The Morgan fingerprint density at radius 2 is 1.74 bits per heavy atom. The predicted molar refractivity (Wildman–Crippen MR) is 70.4 cm³/mol. The Morgan fingerprint density at radius 1 is 1.05 bits per heavy atom. The van der Waals surface area contributed by atoms with Gasteiger partial charge in [0.15, 0.2) is 17.4 Å². The minimum atomic E-state index is -2.03. The van der Waals surface area contributed by atoms with Crippen LogP contribution in [0.5, 0.6) is 5.75 Å². The highest BCUT2D eigenvalue weighted by Gasteiger charge is 2.22. The van der Waals surface area contributed by atoms with Gasteiger partial charge in [-0.1, -0.05) is 38.7 Å². The van der Waals surface area contributed by atoms with Crippen LogP contribution in [-0.2, 0) is 0 Å². The number of unbranched alkanes of at least 4 members (excludes halogenated alkanes) is 4. The molecule has 0 fully saturated rings. The molecule has 1 aromatic rings. The van der Waals surface area contributed by atoms with E-state index < -0.39 is 24.2 Å². The van der Waals surface area contributed by atoms with Crippen LogP contribution < -0.4 is 10.2 Å². The Morgan fingerprint density at radius 3 is 2.37 bits per heavy atom. The molecule has 0 atom stereocenters. The maximum Gasteiger partial charge on any atom is 0.491 e. The highest BCUT2D eigenvalue weighted by atomic mass is 19.2. The Bertz CT molecular complexity index is 400. The predicted octanol–water partition coefficient (Wildman–Crippen LogP) is 1.99. The lowest BCUT2D eigenvalue weighted by molar-refractivity contribution is 0.285. The van der Waals surface area contributed by atoms with E-state index in [9.17, 15) is 8.78 Å². The van der Waals surface area contributed by atoms with Gasteiger partial charge in [0.25, 0.3) is 0 Å². The van der Waals surface area contributed by atoms with Crippen LogP contribution in [0.15, 0.2) is 12.1 Å². The molecule has 3 nitrogen and oxygen atoms in total. The first-order valence-corrected chi connectivity index (χ1v) is 6.54. The van der Waals surface area contributed by atoms with Crippen molar-refractivity contribution >= 4 is 12.6 Å². The maximum atomic E-state index is 13.5. The lowest BCUT2D eigenvalue weighted by atomic mass is 9.80. The van der Waals surface area contributed by atoms with E-state index in [0.29, 0.717) is 6.61 Å². The van der Waals surface area contributed by atoms with Crippen molar-refractivity contribution in [2.75, 3.05) is 6.61 Å². The molecule has 0 spiro atoms. The molecule has 0 amide bonds. The number of ether oxygens (including phenoxy) is 1. The molecule has 0 saturated carbocycles. The van der Waals surface area contributed by atoms with Crippen LogP contribution in [0.1, 0.15) is 39.0 Å². The molecule has 1 rings (SSSR count). The molecule has 1 aromatic carbocycles. The normalized spacial score (nSPS) is 10.6. The van der Waals surface area contributed by atoms with Gasteiger partial charge in [-0.2, -0.15) is 4.39 Å². The van der Waals surface area contributed by atoms with Gasteiger partial charge in [-0.15, -0.1) is 0 Å². The molecule has 0 radical (unpaired) electrons. The van der Waals surface area contributed by atoms with E-state index in [2.05, 4.69) is 6.92 Å². The Hall–Kier alpha value is -1.14. The van der Waals surface area contributed by atoms with E-state index in [-0.39, 0.29) is 5.75 Å². The minimum absolute atomic E-state index is 0.197. The zero-order valence-electron chi connectivity index (χ0n) is 11.0. The topological polar surface area (TPSA) is 49.7 Å². The maximum absolute atomic E-state index is 13.5. The van der Waals surface area contributed by atoms with E-state index in [1.165, 1.54) is 6.07 Å². The van der Waals surface area contributed by atoms with E-state index >= 15 is 0 Å². The third kappa shape index (κ3) is 4.80. The zero-order valence-corrected chi connectivity index (χ0v) is 11.0. The summed E-state index contributed by atoms with van der Waals surface area (Å²) in [4.78, 5) is 0. The molecule has 106 valence electrons. The van der Waals surface area contributed by atoms with Crippen LogP contribution in [0.4, 0.5) is 8.78 Å². The minimum Gasteiger partial charge on any atom is -0.490 e. The smallest absolute Gasteiger partial charge is 0.490 e. The molecule has 0 aliphatic carbocycles. The second-order valence-corrected chi connectivity index (χ2v) is 4.42. The summed E-state index contributed by atoms with van der Waals surface area (Å²) in [6.07, 6.45) is 5.18. The largest absolute Gasteiger partial charge is 0.491 e. The second kappa shape index (κ2) is 8.12. The third-order valence-corrected chi connectivity index (χ3v) is 2.86. The van der Waals surface area contributed by atoms with Crippen molar-refractivity contribution in [1.82, 2.24) is 0 Å². The first kappa shape index (κ1) is 15.9. The van der Waals surface area contributed by atoms with E-state index in [1.807, 2.05) is 0 Å². The van der Waals surface area contributed by atoms with Gasteiger partial charge in [0, 0.05) is 5.46 Å². The van der Waals surface area contributed by atoms with Gasteiger partial charge in [-0.25, -0.2) is 4.39 Å². The molecule has 0 heterocycles. The van der Waals surface area contributed by atoms with Crippen LogP contribution in [-0.4, -0.2) is 23.8 Å². The molecule has 0 unspecified atom stereocenters. The molecule has 19 heavy (non-hydrogen) atoms. The highest BCUT2D eigenvalue weighted by Crippen LogP contribution is 2.18. The quantitative estimate of drug-likeness (QED) is 0.562. The third-order valence-electron chi connectivity index (χ3n) is 2.86. The van der Waals surface area contributed by atoms with Crippen molar-refractivity contribution in [2.24, 2.45) is 0 Å². The van der Waals surface area contributed by atoms with E-state index in [4.69, 9.17) is 14.8 Å². The van der Waals surface area contributed by atoms with Crippen LogP contribution in [0.2, 0.25) is 0 Å². The van der Waals surface area contributed by atoms with Gasteiger partial charge in [0.1, 0.15) is 0 Å². The van der Waals surface area contributed by atoms with Gasteiger partial charge in [-0.3, -0.25) is 0 Å². The summed E-state index contributed by atoms with van der Waals surface area (Å²) >= 11 is 0. The fourth-order valence-corrected chi connectivity index (χ4v) is 1.75. The highest BCUT2D eigenvalue weighted by molar-refractivity contribution is 6.58. The molecule has 0 aromatic heterocycles. The monoisotopic (exact) mass is 272 g/mol. The number of halogens is 2. The average molecular weight is 272 g/mol. The zero-order chi connectivity index (χ0) is 14.3. The lowest BCUT2D eigenvalue weighted by Crippen LogP contribution is -2.33. The van der Waals surface area contributed by atoms with Gasteiger partial charge >= 0.3 is 7.12 Å². The standard InChI is InChI=1S/C13H19BF2O3/c1-2-3-4-5-6-9-19-11-8-7-10(14(17)18)12(15)13(11)16/h7-8,17-18H,2-6,9H2,1H3. The van der Waals surface area contributed by atoms with Crippen molar-refractivity contribution in [1.29, 1.82) is 0 Å². The lowest BCUT2D eigenvalue weighted by Gasteiger charge is -2.09. The molecule has 0 aliphatic heterocycles. The van der Waals surface area contributed by atoms with Gasteiger partial charge in [0.2, 0.25) is 0 Å². The van der Waals surface area contributed by atoms with Gasteiger partial charge in [0.05, 0.1) is 6.61 Å². The van der Waals surface area contributed by atoms with Crippen molar-refractivity contribution in [3.05, 3.63) is 23.8 Å². The summed E-state index contributed by atoms with van der Waals surface area (Å²) in [5, 5.41) is 17.6. The summed E-state index contributed by atoms with van der Waals surface area (Å²) in [5.41, 5.74) is -0.493. The molecule has 6 heteroatoms. The van der Waals surface area contributed by atoms with Crippen molar-refractivity contribution < 1.29 is 23.6 Å². The second-order valence-electron chi connectivity index (χ2n) is 4.42. The number of rotatable bonds is 8. The molecule has 0 bridgehead atoms. The van der Waals surface area contributed by atoms with Crippen molar-refractivity contribution in [2.45, 2.75) is 39.0 Å². The molecular formula is C13H19BF2O3. The molecule has 0 aliphatic rings. The van der Waals surface area contributed by atoms with E-state index in [1.54, 1.807) is 0 Å². The van der Waals surface area contributed by atoms with Crippen molar-refractivity contribution in [3.63, 3.8) is 0 Å². The van der Waals surface area contributed by atoms with Crippen molar-refractivity contribution in [3.8, 4) is 5.75 Å². The SMILES string of the molecule is CCCCCCCOc1ccc(B(O)O)c(F)c1F.